The number of carbonyl (C=O) groups is 2. The molecule has 0 N–H and O–H groups in total. The summed E-state index contributed by atoms with van der Waals surface area (Å²) >= 11 is 0. The molecule has 0 spiro atoms. The van der Waals surface area contributed by atoms with Crippen molar-refractivity contribution in [2.75, 3.05) is 13.7 Å². The number of carbonyl (C=O) groups excluding carboxylic acids is 2. The van der Waals surface area contributed by atoms with Crippen LogP contribution in [0.4, 0.5) is 4.79 Å². The first-order valence-corrected chi connectivity index (χ1v) is 10.6. The quantitative estimate of drug-likeness (QED) is 0.495. The van der Waals surface area contributed by atoms with Gasteiger partial charge in [-0.2, -0.15) is 0 Å². The van der Waals surface area contributed by atoms with Crippen molar-refractivity contribution in [3.05, 3.63) is 113 Å². The molecule has 0 saturated heterocycles. The molecule has 162 valence electrons. The largest absolute Gasteiger partial charge is 0.465 e. The Morgan fingerprint density at radius 1 is 0.906 bits per heavy atom. The number of rotatable bonds is 5. The average molecular weight is 428 g/mol. The van der Waals surface area contributed by atoms with Crippen LogP contribution in [0.3, 0.4) is 0 Å². The normalized spacial score (nSPS) is 15.6. The first kappa shape index (κ1) is 21.4. The van der Waals surface area contributed by atoms with Gasteiger partial charge in [0, 0.05) is 6.54 Å². The Kier molecular flexibility index (Phi) is 6.66. The summed E-state index contributed by atoms with van der Waals surface area (Å²) in [5.41, 5.74) is 4.64. The van der Waals surface area contributed by atoms with Crippen LogP contribution < -0.4 is 0 Å². The monoisotopic (exact) mass is 427 g/mol. The van der Waals surface area contributed by atoms with E-state index in [1.807, 2.05) is 60.7 Å². The molecular weight excluding hydrogens is 402 g/mol. The highest BCUT2D eigenvalue weighted by Gasteiger charge is 2.29. The lowest BCUT2D eigenvalue weighted by Gasteiger charge is -2.34. The molecule has 3 aromatic carbocycles. The number of nitrogens with zero attached hydrogens (tertiary/aromatic N) is 1. The Bertz CT molecular complexity index is 1090. The van der Waals surface area contributed by atoms with Gasteiger partial charge in [-0.3, -0.25) is 4.90 Å². The van der Waals surface area contributed by atoms with Crippen LogP contribution in [0.2, 0.25) is 0 Å². The predicted octanol–water partition coefficient (Wildman–Crippen LogP) is 5.64. The zero-order chi connectivity index (χ0) is 22.3. The highest BCUT2D eigenvalue weighted by Crippen LogP contribution is 2.34. The van der Waals surface area contributed by atoms with Gasteiger partial charge in [0.2, 0.25) is 0 Å². The minimum absolute atomic E-state index is 0.222. The van der Waals surface area contributed by atoms with E-state index >= 15 is 0 Å². The summed E-state index contributed by atoms with van der Waals surface area (Å²) in [6, 6.07) is 26.7. The van der Waals surface area contributed by atoms with E-state index in [1.165, 1.54) is 12.7 Å². The Labute approximate surface area is 187 Å². The second kappa shape index (κ2) is 9.96. The fraction of sp³-hybridized carbons (Fsp3) is 0.185. The molecule has 0 aromatic heterocycles. The standard InChI is InChI=1S/C27H25NO4/c1-31-26(29)23-14-12-22(13-15-23)25-18-24(21-10-6-3-7-11-21)16-17-28(25)27(30)32-19-20-8-4-2-5-9-20/h2-15,18,25H,16-17,19H2,1H3. The Hall–Kier alpha value is -3.86. The molecule has 0 fully saturated rings. The number of hydrogen-bond donors (Lipinski definition) is 0. The predicted molar refractivity (Wildman–Crippen MR) is 123 cm³/mol. The lowest BCUT2D eigenvalue weighted by molar-refractivity contribution is 0.0600. The first-order valence-electron chi connectivity index (χ1n) is 10.6. The minimum atomic E-state index is -0.389. The number of methoxy groups -OCH3 is 1. The zero-order valence-electron chi connectivity index (χ0n) is 17.9. The molecule has 0 saturated carbocycles. The Balaban J connectivity index is 1.60. The third-order valence-electron chi connectivity index (χ3n) is 5.57. The summed E-state index contributed by atoms with van der Waals surface area (Å²) in [5.74, 6) is -0.389. The summed E-state index contributed by atoms with van der Waals surface area (Å²) in [7, 11) is 1.36. The van der Waals surface area contributed by atoms with Gasteiger partial charge in [0.05, 0.1) is 18.7 Å². The van der Waals surface area contributed by atoms with Crippen LogP contribution in [0.15, 0.2) is 91.0 Å². The SMILES string of the molecule is COC(=O)c1ccc(C2C=C(c3ccccc3)CCN2C(=O)OCc2ccccc2)cc1. The first-order chi connectivity index (χ1) is 15.7. The van der Waals surface area contributed by atoms with Crippen LogP contribution in [0.25, 0.3) is 5.57 Å². The number of benzene rings is 3. The third kappa shape index (κ3) is 4.89. The van der Waals surface area contributed by atoms with Crippen LogP contribution in [0, 0.1) is 0 Å². The Morgan fingerprint density at radius 2 is 1.56 bits per heavy atom. The van der Waals surface area contributed by atoms with E-state index in [0.717, 1.165) is 23.1 Å². The highest BCUT2D eigenvalue weighted by molar-refractivity contribution is 5.89. The summed E-state index contributed by atoms with van der Waals surface area (Å²) in [6.45, 7) is 0.761. The molecule has 32 heavy (non-hydrogen) atoms. The molecule has 0 radical (unpaired) electrons. The number of hydrogen-bond acceptors (Lipinski definition) is 4. The van der Waals surface area contributed by atoms with Crippen LogP contribution in [0.1, 0.15) is 39.5 Å². The van der Waals surface area contributed by atoms with Crippen molar-refractivity contribution in [2.45, 2.75) is 19.1 Å². The average Bonchev–Trinajstić information content (AvgIpc) is 2.87. The van der Waals surface area contributed by atoms with Crippen molar-refractivity contribution in [3.63, 3.8) is 0 Å². The van der Waals surface area contributed by atoms with Gasteiger partial charge in [0.15, 0.2) is 0 Å². The van der Waals surface area contributed by atoms with Crippen molar-refractivity contribution in [1.82, 2.24) is 4.90 Å². The number of ether oxygens (including phenoxy) is 2. The van der Waals surface area contributed by atoms with E-state index in [4.69, 9.17) is 9.47 Å². The van der Waals surface area contributed by atoms with Gasteiger partial charge in [-0.15, -0.1) is 0 Å². The molecule has 1 heterocycles. The maximum Gasteiger partial charge on any atom is 0.410 e. The van der Waals surface area contributed by atoms with Crippen LogP contribution in [-0.4, -0.2) is 30.6 Å². The summed E-state index contributed by atoms with van der Waals surface area (Å²) in [5, 5.41) is 0. The summed E-state index contributed by atoms with van der Waals surface area (Å²) in [6.07, 6.45) is 2.48. The molecule has 1 aliphatic rings. The van der Waals surface area contributed by atoms with E-state index in [-0.39, 0.29) is 24.7 Å². The van der Waals surface area contributed by atoms with Gasteiger partial charge in [-0.05, 0) is 40.8 Å². The van der Waals surface area contributed by atoms with Crippen molar-refractivity contribution >= 4 is 17.6 Å². The molecule has 1 unspecified atom stereocenters. The fourth-order valence-electron chi connectivity index (χ4n) is 3.85. The molecule has 5 heteroatoms. The summed E-state index contributed by atoms with van der Waals surface area (Å²) < 4.78 is 10.4. The molecule has 5 nitrogen and oxygen atoms in total. The summed E-state index contributed by atoms with van der Waals surface area (Å²) in [4.78, 5) is 26.6. The van der Waals surface area contributed by atoms with Gasteiger partial charge in [-0.1, -0.05) is 78.9 Å². The lowest BCUT2D eigenvalue weighted by atomic mass is 9.92. The van der Waals surface area contributed by atoms with Gasteiger partial charge in [0.25, 0.3) is 0 Å². The van der Waals surface area contributed by atoms with Crippen molar-refractivity contribution in [2.24, 2.45) is 0 Å². The van der Waals surface area contributed by atoms with Crippen LogP contribution in [0.5, 0.6) is 0 Å². The smallest absolute Gasteiger partial charge is 0.410 e. The topological polar surface area (TPSA) is 55.8 Å². The van der Waals surface area contributed by atoms with Gasteiger partial charge >= 0.3 is 12.1 Å². The highest BCUT2D eigenvalue weighted by atomic mass is 16.6. The van der Waals surface area contributed by atoms with Crippen molar-refractivity contribution in [3.8, 4) is 0 Å². The maximum absolute atomic E-state index is 13.0. The van der Waals surface area contributed by atoms with E-state index in [0.29, 0.717) is 12.1 Å². The van der Waals surface area contributed by atoms with E-state index in [2.05, 4.69) is 18.2 Å². The molecule has 1 amide bonds. The third-order valence-corrected chi connectivity index (χ3v) is 5.57. The van der Waals surface area contributed by atoms with Gasteiger partial charge in [0.1, 0.15) is 6.61 Å². The molecule has 3 aromatic rings. The molecule has 0 aliphatic carbocycles. The second-order valence-electron chi connectivity index (χ2n) is 7.60. The van der Waals surface area contributed by atoms with Gasteiger partial charge in [-0.25, -0.2) is 9.59 Å². The second-order valence-corrected chi connectivity index (χ2v) is 7.60. The van der Waals surface area contributed by atoms with Crippen molar-refractivity contribution in [1.29, 1.82) is 0 Å². The van der Waals surface area contributed by atoms with E-state index in [1.54, 1.807) is 17.0 Å². The Morgan fingerprint density at radius 3 is 2.22 bits per heavy atom. The number of esters is 1. The number of amides is 1. The fourth-order valence-corrected chi connectivity index (χ4v) is 3.85. The van der Waals surface area contributed by atoms with Crippen LogP contribution >= 0.6 is 0 Å². The van der Waals surface area contributed by atoms with E-state index in [9.17, 15) is 9.59 Å². The van der Waals surface area contributed by atoms with E-state index < -0.39 is 0 Å². The lowest BCUT2D eigenvalue weighted by Crippen LogP contribution is -2.37. The molecule has 1 atom stereocenters. The molecule has 1 aliphatic heterocycles. The zero-order valence-corrected chi connectivity index (χ0v) is 17.9. The van der Waals surface area contributed by atoms with Crippen LogP contribution in [-0.2, 0) is 16.1 Å². The molecule has 4 rings (SSSR count). The van der Waals surface area contributed by atoms with Gasteiger partial charge < -0.3 is 9.47 Å². The van der Waals surface area contributed by atoms with Crippen molar-refractivity contribution < 1.29 is 19.1 Å². The molecular formula is C27H25NO4. The maximum atomic E-state index is 13.0. The molecule has 0 bridgehead atoms. The minimum Gasteiger partial charge on any atom is -0.465 e.